The van der Waals surface area contributed by atoms with Gasteiger partial charge in [-0.15, -0.1) is 0 Å². The molecule has 1 unspecified atom stereocenters. The summed E-state index contributed by atoms with van der Waals surface area (Å²) in [6, 6.07) is 0. The molecule has 0 rings (SSSR count). The van der Waals surface area contributed by atoms with Gasteiger partial charge in [0, 0.05) is 6.42 Å². The quantitative estimate of drug-likeness (QED) is 0.481. The topological polar surface area (TPSA) is 66.4 Å². The van der Waals surface area contributed by atoms with E-state index in [0.29, 0.717) is 0 Å². The van der Waals surface area contributed by atoms with E-state index in [1.807, 2.05) is 0 Å². The molecule has 0 radical (unpaired) electrons. The lowest BCUT2D eigenvalue weighted by atomic mass is 10.4. The van der Waals surface area contributed by atoms with Crippen molar-refractivity contribution in [2.75, 3.05) is 0 Å². The molecule has 1 atom stereocenters. The summed E-state index contributed by atoms with van der Waals surface area (Å²) in [5.74, 6) is -1.90. The molecule has 4 heteroatoms. The van der Waals surface area contributed by atoms with Gasteiger partial charge >= 0.3 is 5.97 Å². The van der Waals surface area contributed by atoms with Gasteiger partial charge < -0.3 is 14.6 Å². The highest BCUT2D eigenvalue weighted by Crippen LogP contribution is 1.91. The number of carboxylic acids is 1. The molecule has 0 amide bonds. The number of rotatable bonds is 3. The van der Waals surface area contributed by atoms with Crippen LogP contribution in [-0.4, -0.2) is 18.0 Å². The fraction of sp³-hybridized carbons (Fsp3) is 0.667. The van der Waals surface area contributed by atoms with E-state index in [2.05, 4.69) is 4.74 Å². The molecule has 0 spiro atoms. The highest BCUT2D eigenvalue weighted by Gasteiger charge is 2.06. The minimum atomic E-state index is -1.37. The lowest BCUT2D eigenvalue weighted by Crippen LogP contribution is -2.36. The molecular weight excluding hydrogens is 136 g/mol. The first-order valence-corrected chi connectivity index (χ1v) is 2.98. The van der Waals surface area contributed by atoms with Gasteiger partial charge in [-0.3, -0.25) is 4.79 Å². The minimum absolute atomic E-state index is 0.178. The Bertz CT molecular complexity index is 141. The number of hydrogen-bond acceptors (Lipinski definition) is 4. The maximum atomic E-state index is 10.4. The molecule has 10 heavy (non-hydrogen) atoms. The van der Waals surface area contributed by atoms with E-state index in [1.165, 1.54) is 6.92 Å². The van der Waals surface area contributed by atoms with Crippen LogP contribution in [0.4, 0.5) is 0 Å². The minimum Gasteiger partial charge on any atom is -0.546 e. The van der Waals surface area contributed by atoms with Crippen molar-refractivity contribution in [3.8, 4) is 0 Å². The number of esters is 1. The summed E-state index contributed by atoms with van der Waals surface area (Å²) in [6.07, 6.45) is -0.968. The molecule has 0 heterocycles. The van der Waals surface area contributed by atoms with Crippen molar-refractivity contribution in [3.05, 3.63) is 0 Å². The van der Waals surface area contributed by atoms with Crippen LogP contribution in [0.25, 0.3) is 0 Å². The Morgan fingerprint density at radius 1 is 1.60 bits per heavy atom. The number of carbonyl (C=O) groups is 2. The van der Waals surface area contributed by atoms with Crippen LogP contribution in [0.1, 0.15) is 20.3 Å². The second-order valence-corrected chi connectivity index (χ2v) is 1.80. The predicted octanol–water partition coefficient (Wildman–Crippen LogP) is -0.922. The van der Waals surface area contributed by atoms with Crippen LogP contribution in [0.3, 0.4) is 0 Å². The van der Waals surface area contributed by atoms with Gasteiger partial charge in [0.1, 0.15) is 6.10 Å². The molecule has 0 aromatic rings. The molecular formula is C6H9O4-. The van der Waals surface area contributed by atoms with Gasteiger partial charge in [0.15, 0.2) is 0 Å². The van der Waals surface area contributed by atoms with Gasteiger partial charge in [-0.2, -0.15) is 0 Å². The fourth-order valence-electron chi connectivity index (χ4n) is 0.329. The van der Waals surface area contributed by atoms with Crippen molar-refractivity contribution in [2.24, 2.45) is 0 Å². The lowest BCUT2D eigenvalue weighted by Gasteiger charge is -2.12. The third kappa shape index (κ3) is 3.06. The normalized spacial score (nSPS) is 12.2. The van der Waals surface area contributed by atoms with Crippen LogP contribution in [-0.2, 0) is 14.3 Å². The molecule has 0 aliphatic carbocycles. The Labute approximate surface area is 58.8 Å². The molecule has 0 aliphatic heterocycles. The molecule has 0 bridgehead atoms. The van der Waals surface area contributed by atoms with Crippen LogP contribution in [0.2, 0.25) is 0 Å². The summed E-state index contributed by atoms with van der Waals surface area (Å²) in [7, 11) is 0. The molecule has 0 N–H and O–H groups in total. The summed E-state index contributed by atoms with van der Waals surface area (Å²) < 4.78 is 4.36. The van der Waals surface area contributed by atoms with Crippen LogP contribution < -0.4 is 5.11 Å². The Morgan fingerprint density at radius 2 is 2.10 bits per heavy atom. The van der Waals surface area contributed by atoms with Crippen molar-refractivity contribution in [1.82, 2.24) is 0 Å². The average Bonchev–Trinajstić information content (AvgIpc) is 1.87. The van der Waals surface area contributed by atoms with E-state index in [-0.39, 0.29) is 6.42 Å². The first kappa shape index (κ1) is 8.94. The van der Waals surface area contributed by atoms with Gasteiger partial charge in [0.25, 0.3) is 0 Å². The number of aliphatic carboxylic acids is 1. The van der Waals surface area contributed by atoms with E-state index in [1.54, 1.807) is 6.92 Å². The summed E-state index contributed by atoms with van der Waals surface area (Å²) in [6.45, 7) is 2.84. The monoisotopic (exact) mass is 145 g/mol. The smallest absolute Gasteiger partial charge is 0.306 e. The van der Waals surface area contributed by atoms with Crippen molar-refractivity contribution in [1.29, 1.82) is 0 Å². The van der Waals surface area contributed by atoms with Crippen molar-refractivity contribution < 1.29 is 19.4 Å². The summed E-state index contributed by atoms with van der Waals surface area (Å²) >= 11 is 0. The maximum Gasteiger partial charge on any atom is 0.306 e. The second-order valence-electron chi connectivity index (χ2n) is 1.80. The highest BCUT2D eigenvalue weighted by atomic mass is 16.6. The third-order valence-corrected chi connectivity index (χ3v) is 0.929. The second kappa shape index (κ2) is 3.87. The van der Waals surface area contributed by atoms with E-state index in [9.17, 15) is 14.7 Å². The zero-order chi connectivity index (χ0) is 8.15. The summed E-state index contributed by atoms with van der Waals surface area (Å²) in [5, 5.41) is 9.96. The van der Waals surface area contributed by atoms with Crippen molar-refractivity contribution in [3.63, 3.8) is 0 Å². The van der Waals surface area contributed by atoms with Gasteiger partial charge in [-0.1, -0.05) is 6.92 Å². The molecule has 0 saturated carbocycles. The largest absolute Gasteiger partial charge is 0.546 e. The van der Waals surface area contributed by atoms with E-state index < -0.39 is 18.0 Å². The van der Waals surface area contributed by atoms with Crippen molar-refractivity contribution in [2.45, 2.75) is 26.4 Å². The van der Waals surface area contributed by atoms with Gasteiger partial charge in [-0.05, 0) is 6.92 Å². The van der Waals surface area contributed by atoms with Gasteiger partial charge in [0.2, 0.25) is 0 Å². The molecule has 4 nitrogen and oxygen atoms in total. The molecule has 0 saturated heterocycles. The Kier molecular flexibility index (Phi) is 3.46. The van der Waals surface area contributed by atoms with Crippen LogP contribution in [0, 0.1) is 0 Å². The zero-order valence-corrected chi connectivity index (χ0v) is 5.92. The summed E-state index contributed by atoms with van der Waals surface area (Å²) in [4.78, 5) is 20.4. The highest BCUT2D eigenvalue weighted by molar-refractivity contribution is 5.76. The van der Waals surface area contributed by atoms with E-state index in [4.69, 9.17) is 0 Å². The number of ether oxygens (including phenoxy) is 1. The molecule has 0 aromatic carbocycles. The predicted molar refractivity (Wildman–Crippen MR) is 30.9 cm³/mol. The Hall–Kier alpha value is -1.06. The zero-order valence-electron chi connectivity index (χ0n) is 5.92. The Balaban J connectivity index is 3.68. The molecule has 58 valence electrons. The maximum absolute atomic E-state index is 10.4. The first-order chi connectivity index (χ1) is 4.57. The lowest BCUT2D eigenvalue weighted by molar-refractivity contribution is -0.314. The van der Waals surface area contributed by atoms with Crippen LogP contribution in [0.15, 0.2) is 0 Å². The summed E-state index contributed by atoms with van der Waals surface area (Å²) in [5.41, 5.74) is 0. The van der Waals surface area contributed by atoms with Gasteiger partial charge in [0.05, 0.1) is 5.97 Å². The van der Waals surface area contributed by atoms with E-state index >= 15 is 0 Å². The molecule has 0 fully saturated rings. The van der Waals surface area contributed by atoms with Crippen molar-refractivity contribution >= 4 is 11.9 Å². The molecule has 0 aliphatic rings. The molecule has 0 aromatic heterocycles. The van der Waals surface area contributed by atoms with Gasteiger partial charge in [-0.25, -0.2) is 0 Å². The number of carboxylic acid groups (broad SMARTS) is 1. The average molecular weight is 145 g/mol. The fourth-order valence-corrected chi connectivity index (χ4v) is 0.329. The standard InChI is InChI=1S/C6H10O4/c1-3-5(7)10-4(2)6(8)9/h4H,3H2,1-2H3,(H,8,9)/p-1. The Morgan fingerprint density at radius 3 is 2.40 bits per heavy atom. The SMILES string of the molecule is CCC(=O)OC(C)C(=O)[O-]. The third-order valence-electron chi connectivity index (χ3n) is 0.929. The first-order valence-electron chi connectivity index (χ1n) is 2.98. The van der Waals surface area contributed by atoms with Crippen LogP contribution in [0.5, 0.6) is 0 Å². The van der Waals surface area contributed by atoms with Crippen LogP contribution >= 0.6 is 0 Å². The number of hydrogen-bond donors (Lipinski definition) is 0. The van der Waals surface area contributed by atoms with E-state index in [0.717, 1.165) is 0 Å². The number of carbonyl (C=O) groups excluding carboxylic acids is 2.